The molecule has 0 amide bonds. The zero-order valence-corrected chi connectivity index (χ0v) is 16.3. The van der Waals surface area contributed by atoms with Crippen molar-refractivity contribution >= 4 is 11.0 Å². The van der Waals surface area contributed by atoms with Gasteiger partial charge in [-0.15, -0.1) is 0 Å². The SMILES string of the molecule is c1ccc2cc(-c3nc4ccccc4nc3-c3cc4cccccc-4c3)cc-2cc1. The predicted molar refractivity (Wildman–Crippen MR) is 124 cm³/mol. The van der Waals surface area contributed by atoms with Crippen molar-refractivity contribution in [3.8, 4) is 44.8 Å². The Morgan fingerprint density at radius 1 is 0.333 bits per heavy atom. The molecule has 140 valence electrons. The maximum atomic E-state index is 5.05. The van der Waals surface area contributed by atoms with E-state index in [1.54, 1.807) is 0 Å². The van der Waals surface area contributed by atoms with Crippen LogP contribution in [0.3, 0.4) is 0 Å². The van der Waals surface area contributed by atoms with E-state index in [-0.39, 0.29) is 0 Å². The first-order chi connectivity index (χ1) is 14.8. The summed E-state index contributed by atoms with van der Waals surface area (Å²) in [6.07, 6.45) is 0. The first-order valence-corrected chi connectivity index (χ1v) is 10.1. The number of hydrogen-bond acceptors (Lipinski definition) is 2. The summed E-state index contributed by atoms with van der Waals surface area (Å²) < 4.78 is 0. The Bertz CT molecular complexity index is 1280. The van der Waals surface area contributed by atoms with E-state index in [1.807, 2.05) is 24.3 Å². The van der Waals surface area contributed by atoms with Gasteiger partial charge in [0, 0.05) is 11.1 Å². The van der Waals surface area contributed by atoms with Gasteiger partial charge < -0.3 is 0 Å². The fourth-order valence-electron chi connectivity index (χ4n) is 4.11. The van der Waals surface area contributed by atoms with Crippen LogP contribution in [0.2, 0.25) is 0 Å². The van der Waals surface area contributed by atoms with E-state index in [4.69, 9.17) is 9.97 Å². The maximum absolute atomic E-state index is 5.05. The van der Waals surface area contributed by atoms with Crippen LogP contribution in [-0.4, -0.2) is 9.97 Å². The molecule has 1 aromatic carbocycles. The molecule has 1 heterocycles. The maximum Gasteiger partial charge on any atom is 0.0973 e. The van der Waals surface area contributed by atoms with Crippen LogP contribution in [-0.2, 0) is 0 Å². The van der Waals surface area contributed by atoms with Gasteiger partial charge in [-0.25, -0.2) is 9.97 Å². The van der Waals surface area contributed by atoms with Gasteiger partial charge in [-0.2, -0.15) is 0 Å². The van der Waals surface area contributed by atoms with Crippen molar-refractivity contribution in [2.45, 2.75) is 0 Å². The van der Waals surface area contributed by atoms with Crippen molar-refractivity contribution in [1.29, 1.82) is 0 Å². The highest BCUT2D eigenvalue weighted by atomic mass is 14.8. The van der Waals surface area contributed by atoms with Crippen molar-refractivity contribution in [3.05, 3.63) is 109 Å². The molecule has 0 saturated heterocycles. The lowest BCUT2D eigenvalue weighted by Gasteiger charge is -2.08. The average Bonchev–Trinajstić information content (AvgIpc) is 3.21. The molecule has 1 aromatic heterocycles. The molecule has 0 saturated carbocycles. The van der Waals surface area contributed by atoms with Gasteiger partial charge in [0.25, 0.3) is 0 Å². The lowest BCUT2D eigenvalue weighted by atomic mass is 10.1. The minimum Gasteiger partial charge on any atom is -0.244 e. The van der Waals surface area contributed by atoms with Crippen LogP contribution in [0.5, 0.6) is 0 Å². The molecule has 0 radical (unpaired) electrons. The number of hydrogen-bond donors (Lipinski definition) is 0. The van der Waals surface area contributed by atoms with Crippen molar-refractivity contribution in [3.63, 3.8) is 0 Å². The third-order valence-corrected chi connectivity index (χ3v) is 5.58. The molecule has 0 atom stereocenters. The van der Waals surface area contributed by atoms with Crippen LogP contribution in [0.15, 0.2) is 109 Å². The molecule has 0 fully saturated rings. The Morgan fingerprint density at radius 2 is 0.667 bits per heavy atom. The zero-order chi connectivity index (χ0) is 19.9. The number of benzene rings is 1. The van der Waals surface area contributed by atoms with Crippen molar-refractivity contribution < 1.29 is 0 Å². The van der Waals surface area contributed by atoms with Gasteiger partial charge in [-0.3, -0.25) is 0 Å². The minimum absolute atomic E-state index is 0.912. The highest BCUT2D eigenvalue weighted by Gasteiger charge is 2.18. The summed E-state index contributed by atoms with van der Waals surface area (Å²) in [5.41, 5.74) is 10.7. The molecule has 2 heteroatoms. The fraction of sp³-hybridized carbons (Fsp3) is 0. The van der Waals surface area contributed by atoms with Gasteiger partial charge in [-0.05, 0) is 58.7 Å². The van der Waals surface area contributed by atoms with Crippen molar-refractivity contribution in [1.82, 2.24) is 9.97 Å². The van der Waals surface area contributed by atoms with E-state index < -0.39 is 0 Å². The van der Waals surface area contributed by atoms with Gasteiger partial charge in [0.1, 0.15) is 0 Å². The first kappa shape index (κ1) is 16.9. The molecular formula is C28H18N2. The van der Waals surface area contributed by atoms with Gasteiger partial charge in [0.2, 0.25) is 0 Å². The number of aromatic nitrogens is 2. The zero-order valence-electron chi connectivity index (χ0n) is 16.3. The highest BCUT2D eigenvalue weighted by Crippen LogP contribution is 2.39. The monoisotopic (exact) mass is 382 g/mol. The Hall–Kier alpha value is -4.04. The van der Waals surface area contributed by atoms with Crippen molar-refractivity contribution in [2.24, 2.45) is 0 Å². The van der Waals surface area contributed by atoms with E-state index in [9.17, 15) is 0 Å². The quantitative estimate of drug-likeness (QED) is 0.317. The Balaban J connectivity index is 1.64. The number of rotatable bonds is 2. The summed E-state index contributed by atoms with van der Waals surface area (Å²) in [7, 11) is 0. The van der Waals surface area contributed by atoms with Crippen LogP contribution < -0.4 is 0 Å². The smallest absolute Gasteiger partial charge is 0.0973 e. The summed E-state index contributed by atoms with van der Waals surface area (Å²) in [5, 5.41) is 0. The van der Waals surface area contributed by atoms with E-state index in [2.05, 4.69) is 84.9 Å². The minimum atomic E-state index is 0.912. The molecule has 0 N–H and O–H groups in total. The van der Waals surface area contributed by atoms with E-state index >= 15 is 0 Å². The van der Waals surface area contributed by atoms with Crippen molar-refractivity contribution in [2.75, 3.05) is 0 Å². The first-order valence-electron chi connectivity index (χ1n) is 10.1. The Labute approximate surface area is 175 Å². The largest absolute Gasteiger partial charge is 0.244 e. The third-order valence-electron chi connectivity index (χ3n) is 5.58. The van der Waals surface area contributed by atoms with Crippen LogP contribution in [0.1, 0.15) is 0 Å². The summed E-state index contributed by atoms with van der Waals surface area (Å²) in [6, 6.07) is 37.9. The van der Waals surface area contributed by atoms with Gasteiger partial charge in [-0.1, -0.05) is 72.8 Å². The topological polar surface area (TPSA) is 25.8 Å². The summed E-state index contributed by atoms with van der Waals surface area (Å²) in [4.78, 5) is 10.1. The number of nitrogens with zero attached hydrogens (tertiary/aromatic N) is 2. The van der Waals surface area contributed by atoms with Gasteiger partial charge >= 0.3 is 0 Å². The lowest BCUT2D eigenvalue weighted by molar-refractivity contribution is 1.30. The molecule has 0 unspecified atom stereocenters. The predicted octanol–water partition coefficient (Wildman–Crippen LogP) is 7.17. The molecule has 30 heavy (non-hydrogen) atoms. The number of para-hydroxylation sites is 2. The molecule has 2 nitrogen and oxygen atoms in total. The third kappa shape index (κ3) is 2.82. The summed E-state index contributed by atoms with van der Waals surface area (Å²) >= 11 is 0. The molecule has 4 aliphatic carbocycles. The van der Waals surface area contributed by atoms with Crippen LogP contribution >= 0.6 is 0 Å². The molecular weight excluding hydrogens is 364 g/mol. The van der Waals surface area contributed by atoms with E-state index in [1.165, 1.54) is 22.3 Å². The molecule has 6 rings (SSSR count). The Kier molecular flexibility index (Phi) is 3.82. The standard InChI is InChI=1S/C28H18N2/c1-3-9-19-15-23(16-20(19)10-4-1)27-28(30-26-14-8-7-13-25(26)29-27)24-17-21-11-5-2-6-12-22(21)18-24/h1-18H. The van der Waals surface area contributed by atoms with E-state index in [0.29, 0.717) is 0 Å². The normalized spacial score (nSPS) is 11.3. The van der Waals surface area contributed by atoms with Gasteiger partial charge in [0.05, 0.1) is 22.4 Å². The Morgan fingerprint density at radius 3 is 1.03 bits per heavy atom. The van der Waals surface area contributed by atoms with Crippen LogP contribution in [0, 0.1) is 0 Å². The fourth-order valence-corrected chi connectivity index (χ4v) is 4.11. The molecule has 4 aliphatic rings. The van der Waals surface area contributed by atoms with Crippen LogP contribution in [0.25, 0.3) is 55.8 Å². The molecule has 2 aromatic rings. The summed E-state index contributed by atoms with van der Waals surface area (Å²) in [6.45, 7) is 0. The molecule has 0 spiro atoms. The van der Waals surface area contributed by atoms with Crippen LogP contribution in [0.4, 0.5) is 0 Å². The molecule has 0 bridgehead atoms. The number of fused-ring (bicyclic) bond motifs is 3. The molecule has 0 aliphatic heterocycles. The second-order valence-corrected chi connectivity index (χ2v) is 7.54. The van der Waals surface area contributed by atoms with Gasteiger partial charge in [0.15, 0.2) is 0 Å². The second kappa shape index (κ2) is 6.78. The highest BCUT2D eigenvalue weighted by molar-refractivity contribution is 5.91. The summed E-state index contributed by atoms with van der Waals surface area (Å²) in [5.74, 6) is 0. The average molecular weight is 382 g/mol. The lowest BCUT2D eigenvalue weighted by Crippen LogP contribution is -1.93. The van der Waals surface area contributed by atoms with E-state index in [0.717, 1.165) is 33.5 Å². The second-order valence-electron chi connectivity index (χ2n) is 7.54.